The van der Waals surface area contributed by atoms with Crippen molar-refractivity contribution in [1.29, 1.82) is 0 Å². The smallest absolute Gasteiger partial charge is 0.277 e. The molecule has 1 aliphatic heterocycles. The SMILES string of the molecule is Cl.O=C(Nc1cc(F)ccc1Oc1ccccc1)c1cn(C2CCNCC2)nn1. The minimum atomic E-state index is -0.478. The van der Waals surface area contributed by atoms with Crippen LogP contribution in [0, 0.1) is 5.82 Å². The first-order valence-corrected chi connectivity index (χ1v) is 9.15. The van der Waals surface area contributed by atoms with Crippen molar-refractivity contribution in [2.75, 3.05) is 18.4 Å². The molecule has 0 radical (unpaired) electrons. The Bertz CT molecular complexity index is 961. The van der Waals surface area contributed by atoms with Gasteiger partial charge in [0.25, 0.3) is 5.91 Å². The van der Waals surface area contributed by atoms with Crippen molar-refractivity contribution in [3.05, 3.63) is 66.2 Å². The largest absolute Gasteiger partial charge is 0.455 e. The van der Waals surface area contributed by atoms with Gasteiger partial charge in [-0.25, -0.2) is 9.07 Å². The third kappa shape index (κ3) is 5.10. The predicted molar refractivity (Wildman–Crippen MR) is 109 cm³/mol. The summed E-state index contributed by atoms with van der Waals surface area (Å²) in [5.41, 5.74) is 0.402. The monoisotopic (exact) mass is 417 g/mol. The van der Waals surface area contributed by atoms with E-state index in [0.29, 0.717) is 11.5 Å². The number of aromatic nitrogens is 3. The molecule has 4 rings (SSSR count). The standard InChI is InChI=1S/C20H20FN5O2.ClH/c21-14-6-7-19(28-16-4-2-1-3-5-16)17(12-14)23-20(27)18-13-26(25-24-18)15-8-10-22-11-9-15;/h1-7,12-13,15,22H,8-11H2,(H,23,27);1H. The molecule has 29 heavy (non-hydrogen) atoms. The number of nitrogens with one attached hydrogen (secondary N) is 2. The number of anilines is 1. The Kier molecular flexibility index (Phi) is 6.79. The van der Waals surface area contributed by atoms with Crippen LogP contribution in [0.25, 0.3) is 0 Å². The molecule has 1 amide bonds. The van der Waals surface area contributed by atoms with Gasteiger partial charge in [0.05, 0.1) is 17.9 Å². The lowest BCUT2D eigenvalue weighted by atomic mass is 10.1. The Morgan fingerprint density at radius 1 is 1.17 bits per heavy atom. The van der Waals surface area contributed by atoms with E-state index < -0.39 is 11.7 Å². The summed E-state index contributed by atoms with van der Waals surface area (Å²) in [7, 11) is 0. The highest BCUT2D eigenvalue weighted by Crippen LogP contribution is 2.30. The molecule has 2 N–H and O–H groups in total. The first-order valence-electron chi connectivity index (χ1n) is 9.15. The molecule has 2 heterocycles. The number of carbonyl (C=O) groups excluding carboxylic acids is 1. The number of carbonyl (C=O) groups is 1. The van der Waals surface area contributed by atoms with Crippen molar-refractivity contribution in [1.82, 2.24) is 20.3 Å². The number of piperidine rings is 1. The maximum atomic E-state index is 13.7. The van der Waals surface area contributed by atoms with Gasteiger partial charge in [-0.05, 0) is 50.2 Å². The predicted octanol–water partition coefficient (Wildman–Crippen LogP) is 3.81. The number of hydrogen-bond acceptors (Lipinski definition) is 5. The third-order valence-corrected chi connectivity index (χ3v) is 4.59. The van der Waals surface area contributed by atoms with Crippen LogP contribution < -0.4 is 15.4 Å². The second-order valence-corrected chi connectivity index (χ2v) is 6.57. The number of rotatable bonds is 5. The highest BCUT2D eigenvalue weighted by atomic mass is 35.5. The van der Waals surface area contributed by atoms with E-state index in [9.17, 15) is 9.18 Å². The van der Waals surface area contributed by atoms with Gasteiger partial charge in [-0.1, -0.05) is 23.4 Å². The number of hydrogen-bond donors (Lipinski definition) is 2. The third-order valence-electron chi connectivity index (χ3n) is 4.59. The normalized spacial score (nSPS) is 14.1. The van der Waals surface area contributed by atoms with Crippen LogP contribution in [0.15, 0.2) is 54.7 Å². The van der Waals surface area contributed by atoms with Crippen molar-refractivity contribution < 1.29 is 13.9 Å². The van der Waals surface area contributed by atoms with Gasteiger partial charge in [0.15, 0.2) is 11.4 Å². The molecule has 0 unspecified atom stereocenters. The summed E-state index contributed by atoms with van der Waals surface area (Å²) in [6, 6.07) is 13.3. The summed E-state index contributed by atoms with van der Waals surface area (Å²) in [4.78, 5) is 12.6. The van der Waals surface area contributed by atoms with Gasteiger partial charge in [0.2, 0.25) is 0 Å². The van der Waals surface area contributed by atoms with Gasteiger partial charge in [-0.2, -0.15) is 0 Å². The molecule has 7 nitrogen and oxygen atoms in total. The van der Waals surface area contributed by atoms with Crippen molar-refractivity contribution >= 4 is 24.0 Å². The molecule has 1 saturated heterocycles. The molecule has 1 fully saturated rings. The summed E-state index contributed by atoms with van der Waals surface area (Å²) in [5.74, 6) is -0.0223. The zero-order valence-electron chi connectivity index (χ0n) is 15.5. The first-order chi connectivity index (χ1) is 13.7. The molecule has 0 saturated carbocycles. The quantitative estimate of drug-likeness (QED) is 0.659. The summed E-state index contributed by atoms with van der Waals surface area (Å²) in [5, 5.41) is 14.0. The lowest BCUT2D eigenvalue weighted by Gasteiger charge is -2.22. The van der Waals surface area contributed by atoms with E-state index in [2.05, 4.69) is 20.9 Å². The van der Waals surface area contributed by atoms with Gasteiger partial charge in [0.1, 0.15) is 11.6 Å². The lowest BCUT2D eigenvalue weighted by molar-refractivity contribution is 0.102. The number of para-hydroxylation sites is 1. The fourth-order valence-electron chi connectivity index (χ4n) is 3.12. The molecule has 1 aromatic heterocycles. The molecule has 9 heteroatoms. The molecule has 0 bridgehead atoms. The van der Waals surface area contributed by atoms with Crippen LogP contribution in [0.1, 0.15) is 29.4 Å². The van der Waals surface area contributed by atoms with Crippen molar-refractivity contribution in [3.63, 3.8) is 0 Å². The summed E-state index contributed by atoms with van der Waals surface area (Å²) < 4.78 is 21.2. The molecular weight excluding hydrogens is 397 g/mol. The van der Waals surface area contributed by atoms with Crippen molar-refractivity contribution in [2.45, 2.75) is 18.9 Å². The summed E-state index contributed by atoms with van der Waals surface area (Å²) in [6.07, 6.45) is 3.50. The van der Waals surface area contributed by atoms with Crippen molar-refractivity contribution in [2.24, 2.45) is 0 Å². The molecule has 0 spiro atoms. The minimum Gasteiger partial charge on any atom is -0.455 e. The average Bonchev–Trinajstić information content (AvgIpc) is 3.22. The Labute approximate surface area is 173 Å². The van der Waals surface area contributed by atoms with E-state index in [1.54, 1.807) is 23.0 Å². The molecule has 1 aliphatic rings. The number of nitrogens with zero attached hydrogens (tertiary/aromatic N) is 3. The maximum Gasteiger partial charge on any atom is 0.277 e. The second kappa shape index (κ2) is 9.49. The molecule has 0 atom stereocenters. The lowest BCUT2D eigenvalue weighted by Crippen LogP contribution is -2.29. The van der Waals surface area contributed by atoms with Gasteiger partial charge >= 0.3 is 0 Å². The zero-order chi connectivity index (χ0) is 19.3. The summed E-state index contributed by atoms with van der Waals surface area (Å²) in [6.45, 7) is 1.82. The Hall–Kier alpha value is -2.97. The van der Waals surface area contributed by atoms with Crippen LogP contribution in [0.2, 0.25) is 0 Å². The van der Waals surface area contributed by atoms with Crippen molar-refractivity contribution in [3.8, 4) is 11.5 Å². The van der Waals surface area contributed by atoms with Crippen LogP contribution in [-0.2, 0) is 0 Å². The highest BCUT2D eigenvalue weighted by molar-refractivity contribution is 6.03. The van der Waals surface area contributed by atoms with E-state index in [0.717, 1.165) is 25.9 Å². The fraction of sp³-hybridized carbons (Fsp3) is 0.250. The van der Waals surface area contributed by atoms with Gasteiger partial charge < -0.3 is 15.4 Å². The van der Waals surface area contributed by atoms with E-state index in [-0.39, 0.29) is 29.8 Å². The van der Waals surface area contributed by atoms with E-state index in [4.69, 9.17) is 4.74 Å². The Morgan fingerprint density at radius 3 is 2.69 bits per heavy atom. The van der Waals surface area contributed by atoms with Crippen LogP contribution in [-0.4, -0.2) is 34.0 Å². The van der Waals surface area contributed by atoms with Crippen LogP contribution in [0.5, 0.6) is 11.5 Å². The maximum absolute atomic E-state index is 13.7. The highest BCUT2D eigenvalue weighted by Gasteiger charge is 2.20. The number of ether oxygens (including phenoxy) is 1. The molecule has 0 aliphatic carbocycles. The molecular formula is C20H21ClFN5O2. The van der Waals surface area contributed by atoms with Gasteiger partial charge in [-0.15, -0.1) is 17.5 Å². The first kappa shape index (κ1) is 20.8. The fourth-order valence-corrected chi connectivity index (χ4v) is 3.12. The summed E-state index contributed by atoms with van der Waals surface area (Å²) >= 11 is 0. The van der Waals surface area contributed by atoms with E-state index >= 15 is 0 Å². The molecule has 152 valence electrons. The minimum absolute atomic E-state index is 0. The van der Waals surface area contributed by atoms with E-state index in [1.807, 2.05) is 18.2 Å². The number of benzene rings is 2. The van der Waals surface area contributed by atoms with Gasteiger partial charge in [0, 0.05) is 6.07 Å². The number of halogens is 2. The molecule has 2 aromatic carbocycles. The zero-order valence-corrected chi connectivity index (χ0v) is 16.4. The second-order valence-electron chi connectivity index (χ2n) is 6.57. The Balaban J connectivity index is 0.00000240. The average molecular weight is 418 g/mol. The van der Waals surface area contributed by atoms with Crippen LogP contribution in [0.4, 0.5) is 10.1 Å². The van der Waals surface area contributed by atoms with Gasteiger partial charge in [-0.3, -0.25) is 4.79 Å². The van der Waals surface area contributed by atoms with Crippen LogP contribution >= 0.6 is 12.4 Å². The number of amides is 1. The molecule has 3 aromatic rings. The van der Waals surface area contributed by atoms with Crippen LogP contribution in [0.3, 0.4) is 0 Å². The topological polar surface area (TPSA) is 81.1 Å². The Morgan fingerprint density at radius 2 is 1.93 bits per heavy atom. The van der Waals surface area contributed by atoms with E-state index in [1.165, 1.54) is 18.2 Å².